The topological polar surface area (TPSA) is 80.0 Å². The second-order valence-corrected chi connectivity index (χ2v) is 6.12. The van der Waals surface area contributed by atoms with Crippen LogP contribution >= 0.6 is 11.3 Å². The summed E-state index contributed by atoms with van der Waals surface area (Å²) >= 11 is 1.51. The van der Waals surface area contributed by atoms with Crippen molar-refractivity contribution in [1.82, 2.24) is 19.9 Å². The maximum atomic E-state index is 12.2. The molecule has 0 bridgehead atoms. The molecule has 1 atom stereocenters. The Morgan fingerprint density at radius 1 is 1.43 bits per heavy atom. The van der Waals surface area contributed by atoms with Crippen molar-refractivity contribution in [1.29, 1.82) is 0 Å². The molecular formula is C16H16N4O2S. The summed E-state index contributed by atoms with van der Waals surface area (Å²) in [6.45, 7) is 1.81. The average molecular weight is 328 g/mol. The molecule has 3 rings (SSSR count). The lowest BCUT2D eigenvalue weighted by atomic mass is 9.99. The zero-order valence-electron chi connectivity index (χ0n) is 12.5. The van der Waals surface area contributed by atoms with Gasteiger partial charge in [0.05, 0.1) is 12.1 Å². The van der Waals surface area contributed by atoms with Crippen molar-refractivity contribution in [3.63, 3.8) is 0 Å². The van der Waals surface area contributed by atoms with Gasteiger partial charge in [-0.15, -0.1) is 0 Å². The molecule has 0 aromatic carbocycles. The number of pyridine rings is 1. The minimum Gasteiger partial charge on any atom is -0.384 e. The minimum absolute atomic E-state index is 0.131. The standard InChI is InChI=1S/C16H16N4O2S/c1-16(22,13-4-7-23-9-13)10-19-15(21)12-2-3-14(18-8-12)20-6-5-17-11-20/h2-9,11,22H,10H2,1H3,(H,19,21). The van der Waals surface area contributed by atoms with Crippen LogP contribution in [0.25, 0.3) is 5.82 Å². The van der Waals surface area contributed by atoms with Crippen molar-refractivity contribution in [2.75, 3.05) is 6.54 Å². The molecule has 118 valence electrons. The molecule has 23 heavy (non-hydrogen) atoms. The molecule has 7 heteroatoms. The van der Waals surface area contributed by atoms with Gasteiger partial charge in [-0.05, 0) is 41.4 Å². The maximum Gasteiger partial charge on any atom is 0.252 e. The van der Waals surface area contributed by atoms with Gasteiger partial charge in [0.15, 0.2) is 0 Å². The summed E-state index contributed by atoms with van der Waals surface area (Å²) in [7, 11) is 0. The Morgan fingerprint density at radius 3 is 2.91 bits per heavy atom. The van der Waals surface area contributed by atoms with Gasteiger partial charge in [-0.25, -0.2) is 9.97 Å². The van der Waals surface area contributed by atoms with Crippen LogP contribution in [0, 0.1) is 0 Å². The average Bonchev–Trinajstić information content (AvgIpc) is 3.26. The molecule has 1 unspecified atom stereocenters. The number of carbonyl (C=O) groups excluding carboxylic acids is 1. The highest BCUT2D eigenvalue weighted by molar-refractivity contribution is 7.08. The summed E-state index contributed by atoms with van der Waals surface area (Å²) in [5.41, 5.74) is 0.131. The largest absolute Gasteiger partial charge is 0.384 e. The molecule has 0 aliphatic rings. The molecule has 3 heterocycles. The molecule has 2 N–H and O–H groups in total. The van der Waals surface area contributed by atoms with Gasteiger partial charge in [-0.3, -0.25) is 9.36 Å². The summed E-state index contributed by atoms with van der Waals surface area (Å²) in [5.74, 6) is 0.412. The van der Waals surface area contributed by atoms with Crippen molar-refractivity contribution in [3.8, 4) is 5.82 Å². The monoisotopic (exact) mass is 328 g/mol. The fraction of sp³-hybridized carbons (Fsp3) is 0.188. The quantitative estimate of drug-likeness (QED) is 0.750. The zero-order valence-corrected chi connectivity index (χ0v) is 13.3. The van der Waals surface area contributed by atoms with Crippen molar-refractivity contribution in [3.05, 3.63) is 65.0 Å². The lowest BCUT2D eigenvalue weighted by Gasteiger charge is -2.22. The molecule has 1 amide bonds. The molecular weight excluding hydrogens is 312 g/mol. The number of amides is 1. The SMILES string of the molecule is CC(O)(CNC(=O)c1ccc(-n2ccnc2)nc1)c1ccsc1. The Morgan fingerprint density at radius 2 is 2.30 bits per heavy atom. The van der Waals surface area contributed by atoms with Crippen molar-refractivity contribution < 1.29 is 9.90 Å². The Bertz CT molecular complexity index is 765. The number of hydrogen-bond acceptors (Lipinski definition) is 5. The second-order valence-electron chi connectivity index (χ2n) is 5.34. The number of aromatic nitrogens is 3. The number of nitrogens with one attached hydrogen (secondary N) is 1. The van der Waals surface area contributed by atoms with E-state index in [1.54, 1.807) is 42.3 Å². The molecule has 0 fully saturated rings. The lowest BCUT2D eigenvalue weighted by Crippen LogP contribution is -2.38. The van der Waals surface area contributed by atoms with E-state index >= 15 is 0 Å². The molecule has 3 aromatic heterocycles. The first kappa shape index (κ1) is 15.4. The molecule has 0 saturated heterocycles. The first-order valence-corrected chi connectivity index (χ1v) is 7.98. The van der Waals surface area contributed by atoms with Crippen LogP contribution in [0.4, 0.5) is 0 Å². The summed E-state index contributed by atoms with van der Waals surface area (Å²) < 4.78 is 1.75. The third-order valence-electron chi connectivity index (χ3n) is 3.52. The lowest BCUT2D eigenvalue weighted by molar-refractivity contribution is 0.0530. The van der Waals surface area contributed by atoms with Crippen LogP contribution in [-0.2, 0) is 5.60 Å². The van der Waals surface area contributed by atoms with Crippen LogP contribution in [-0.4, -0.2) is 32.1 Å². The number of carbonyl (C=O) groups is 1. The number of nitrogens with zero attached hydrogens (tertiary/aromatic N) is 3. The Labute approximate surface area is 137 Å². The number of hydrogen-bond donors (Lipinski definition) is 2. The minimum atomic E-state index is -1.10. The van der Waals surface area contributed by atoms with Crippen LogP contribution in [0.1, 0.15) is 22.8 Å². The highest BCUT2D eigenvalue weighted by atomic mass is 32.1. The van der Waals surface area contributed by atoms with E-state index in [9.17, 15) is 9.90 Å². The van der Waals surface area contributed by atoms with E-state index in [0.29, 0.717) is 11.4 Å². The smallest absolute Gasteiger partial charge is 0.252 e. The first-order chi connectivity index (χ1) is 11.1. The van der Waals surface area contributed by atoms with Crippen LogP contribution in [0.2, 0.25) is 0 Å². The van der Waals surface area contributed by atoms with E-state index in [1.165, 1.54) is 17.5 Å². The molecule has 6 nitrogen and oxygen atoms in total. The number of aliphatic hydroxyl groups is 1. The fourth-order valence-electron chi connectivity index (χ4n) is 2.10. The molecule has 0 radical (unpaired) electrons. The van der Waals surface area contributed by atoms with Crippen molar-refractivity contribution in [2.24, 2.45) is 0 Å². The summed E-state index contributed by atoms with van der Waals surface area (Å²) in [6, 6.07) is 5.28. The van der Waals surface area contributed by atoms with E-state index in [4.69, 9.17) is 0 Å². The highest BCUT2D eigenvalue weighted by Gasteiger charge is 2.24. The first-order valence-electron chi connectivity index (χ1n) is 7.04. The Balaban J connectivity index is 1.64. The normalized spacial score (nSPS) is 13.5. The van der Waals surface area contributed by atoms with Crippen LogP contribution in [0.3, 0.4) is 0 Å². The Hall–Kier alpha value is -2.51. The van der Waals surface area contributed by atoms with Crippen molar-refractivity contribution in [2.45, 2.75) is 12.5 Å². The van der Waals surface area contributed by atoms with Gasteiger partial charge < -0.3 is 10.4 Å². The van der Waals surface area contributed by atoms with Crippen LogP contribution in [0.5, 0.6) is 0 Å². The highest BCUT2D eigenvalue weighted by Crippen LogP contribution is 2.22. The molecule has 0 aliphatic carbocycles. The second kappa shape index (κ2) is 6.31. The van der Waals surface area contributed by atoms with Crippen LogP contribution in [0.15, 0.2) is 53.9 Å². The van der Waals surface area contributed by atoms with Gasteiger partial charge in [0.25, 0.3) is 5.91 Å². The van der Waals surface area contributed by atoms with Gasteiger partial charge in [-0.2, -0.15) is 11.3 Å². The van der Waals surface area contributed by atoms with E-state index in [1.807, 2.05) is 16.8 Å². The third kappa shape index (κ3) is 3.46. The fourth-order valence-corrected chi connectivity index (χ4v) is 2.88. The number of rotatable bonds is 5. The predicted molar refractivity (Wildman–Crippen MR) is 87.6 cm³/mol. The molecule has 0 spiro atoms. The van der Waals surface area contributed by atoms with Gasteiger partial charge in [0.1, 0.15) is 17.7 Å². The number of thiophene rings is 1. The van der Waals surface area contributed by atoms with E-state index < -0.39 is 5.60 Å². The van der Waals surface area contributed by atoms with Crippen molar-refractivity contribution >= 4 is 17.2 Å². The van der Waals surface area contributed by atoms with Gasteiger partial charge in [0.2, 0.25) is 0 Å². The molecule has 0 saturated carbocycles. The van der Waals surface area contributed by atoms with E-state index in [0.717, 1.165) is 5.56 Å². The predicted octanol–water partition coefficient (Wildman–Crippen LogP) is 1.97. The summed E-state index contributed by atoms with van der Waals surface area (Å²) in [6.07, 6.45) is 6.58. The van der Waals surface area contributed by atoms with Gasteiger partial charge in [0, 0.05) is 18.6 Å². The summed E-state index contributed by atoms with van der Waals surface area (Å²) in [5, 5.41) is 16.9. The summed E-state index contributed by atoms with van der Waals surface area (Å²) in [4.78, 5) is 20.4. The van der Waals surface area contributed by atoms with Gasteiger partial charge in [-0.1, -0.05) is 0 Å². The van der Waals surface area contributed by atoms with Gasteiger partial charge >= 0.3 is 0 Å². The van der Waals surface area contributed by atoms with Crippen LogP contribution < -0.4 is 5.32 Å². The van der Waals surface area contributed by atoms with E-state index in [-0.39, 0.29) is 12.5 Å². The Kier molecular flexibility index (Phi) is 4.22. The third-order valence-corrected chi connectivity index (χ3v) is 4.20. The zero-order chi connectivity index (χ0) is 16.3. The maximum absolute atomic E-state index is 12.2. The molecule has 0 aliphatic heterocycles. The van der Waals surface area contributed by atoms with E-state index in [2.05, 4.69) is 15.3 Å². The molecule has 3 aromatic rings. The number of imidazole rings is 1.